The highest BCUT2D eigenvalue weighted by molar-refractivity contribution is 6.32. The molecule has 0 aliphatic carbocycles. The van der Waals surface area contributed by atoms with Gasteiger partial charge in [-0.3, -0.25) is 25.0 Å². The number of para-hydroxylation sites is 2. The molecule has 0 saturated heterocycles. The molecule has 24 heavy (non-hydrogen) atoms. The molecule has 0 saturated carbocycles. The van der Waals surface area contributed by atoms with Gasteiger partial charge >= 0.3 is 5.69 Å². The zero-order valence-electron chi connectivity index (χ0n) is 12.0. The summed E-state index contributed by atoms with van der Waals surface area (Å²) in [6.07, 6.45) is 0. The lowest BCUT2D eigenvalue weighted by atomic mass is 10.3. The first-order valence-electron chi connectivity index (χ1n) is 6.48. The monoisotopic (exact) mass is 351 g/mol. The molecule has 1 N–H and O–H groups in total. The van der Waals surface area contributed by atoms with E-state index in [1.54, 1.807) is 0 Å². The van der Waals surface area contributed by atoms with E-state index in [1.165, 1.54) is 36.4 Å². The van der Waals surface area contributed by atoms with Crippen LogP contribution in [0.5, 0.6) is 5.75 Å². The Kier molecular flexibility index (Phi) is 5.27. The lowest BCUT2D eigenvalue weighted by molar-refractivity contribution is -0.385. The highest BCUT2D eigenvalue weighted by Crippen LogP contribution is 2.28. The molecule has 0 aliphatic rings. The highest BCUT2D eigenvalue weighted by atomic mass is 35.5. The van der Waals surface area contributed by atoms with Crippen LogP contribution in [0.1, 0.15) is 0 Å². The summed E-state index contributed by atoms with van der Waals surface area (Å²) in [7, 11) is 0. The number of nitro benzene ring substituents is 2. The largest absolute Gasteiger partial charge is 0.477 e. The summed E-state index contributed by atoms with van der Waals surface area (Å²) in [6, 6.07) is 9.37. The molecule has 0 bridgehead atoms. The molecular formula is C14H10ClN3O6. The van der Waals surface area contributed by atoms with Crippen LogP contribution in [-0.2, 0) is 4.79 Å². The van der Waals surface area contributed by atoms with Gasteiger partial charge in [-0.05, 0) is 18.2 Å². The second kappa shape index (κ2) is 7.38. The Hall–Kier alpha value is -3.20. The Morgan fingerprint density at radius 2 is 1.75 bits per heavy atom. The molecule has 0 aromatic heterocycles. The van der Waals surface area contributed by atoms with Gasteiger partial charge in [-0.15, -0.1) is 0 Å². The molecule has 1 amide bonds. The summed E-state index contributed by atoms with van der Waals surface area (Å²) in [5.74, 6) is -0.690. The first-order chi connectivity index (χ1) is 11.4. The third kappa shape index (κ3) is 4.17. The van der Waals surface area contributed by atoms with Crippen molar-refractivity contribution in [3.05, 3.63) is 67.7 Å². The zero-order chi connectivity index (χ0) is 17.7. The van der Waals surface area contributed by atoms with Gasteiger partial charge in [0.1, 0.15) is 5.02 Å². The van der Waals surface area contributed by atoms with Crippen molar-refractivity contribution in [1.82, 2.24) is 0 Å². The maximum Gasteiger partial charge on any atom is 0.310 e. The van der Waals surface area contributed by atoms with Gasteiger partial charge in [0.15, 0.2) is 12.4 Å². The molecule has 0 aliphatic heterocycles. The summed E-state index contributed by atoms with van der Waals surface area (Å²) in [6.45, 7) is -0.499. The number of halogens is 1. The third-order valence-corrected chi connectivity index (χ3v) is 3.17. The van der Waals surface area contributed by atoms with Crippen molar-refractivity contribution in [2.75, 3.05) is 11.9 Å². The Bertz CT molecular complexity index is 811. The van der Waals surface area contributed by atoms with Gasteiger partial charge in [-0.2, -0.15) is 0 Å². The molecule has 0 atom stereocenters. The fourth-order valence-electron chi connectivity index (χ4n) is 1.80. The summed E-state index contributed by atoms with van der Waals surface area (Å²) >= 11 is 5.67. The topological polar surface area (TPSA) is 125 Å². The predicted octanol–water partition coefficient (Wildman–Crippen LogP) is 3.17. The Morgan fingerprint density at radius 1 is 1.08 bits per heavy atom. The molecule has 9 nitrogen and oxygen atoms in total. The fraction of sp³-hybridized carbons (Fsp3) is 0.0714. The van der Waals surface area contributed by atoms with Gasteiger partial charge in [0.05, 0.1) is 9.85 Å². The molecule has 0 spiro atoms. The first-order valence-corrected chi connectivity index (χ1v) is 6.86. The van der Waals surface area contributed by atoms with Crippen molar-refractivity contribution in [1.29, 1.82) is 0 Å². The van der Waals surface area contributed by atoms with Crippen LogP contribution < -0.4 is 10.1 Å². The average Bonchev–Trinajstić information content (AvgIpc) is 2.54. The van der Waals surface area contributed by atoms with Crippen molar-refractivity contribution in [3.8, 4) is 5.75 Å². The molecule has 0 radical (unpaired) electrons. The lowest BCUT2D eigenvalue weighted by Crippen LogP contribution is -2.20. The van der Waals surface area contributed by atoms with Crippen molar-refractivity contribution < 1.29 is 19.4 Å². The van der Waals surface area contributed by atoms with E-state index in [4.69, 9.17) is 16.3 Å². The number of rotatable bonds is 6. The zero-order valence-corrected chi connectivity index (χ0v) is 12.7. The third-order valence-electron chi connectivity index (χ3n) is 2.85. The number of anilines is 1. The van der Waals surface area contributed by atoms with Crippen molar-refractivity contribution in [2.45, 2.75) is 0 Å². The molecule has 0 heterocycles. The van der Waals surface area contributed by atoms with Crippen LogP contribution in [0.15, 0.2) is 42.5 Å². The molecule has 2 aromatic rings. The Labute approximate surface area is 140 Å². The molecule has 2 rings (SSSR count). The van der Waals surface area contributed by atoms with Crippen LogP contribution in [0, 0.1) is 20.2 Å². The maximum atomic E-state index is 11.8. The molecular weight excluding hydrogens is 342 g/mol. The predicted molar refractivity (Wildman–Crippen MR) is 85.3 cm³/mol. The number of carbonyl (C=O) groups excluding carboxylic acids is 1. The maximum absolute atomic E-state index is 11.8. The lowest BCUT2D eigenvalue weighted by Gasteiger charge is -2.08. The Morgan fingerprint density at radius 3 is 2.42 bits per heavy atom. The van der Waals surface area contributed by atoms with Gasteiger partial charge in [0.25, 0.3) is 11.6 Å². The Balaban J connectivity index is 2.03. The molecule has 10 heteroatoms. The highest BCUT2D eigenvalue weighted by Gasteiger charge is 2.16. The molecule has 0 fully saturated rings. The first kappa shape index (κ1) is 17.2. The summed E-state index contributed by atoms with van der Waals surface area (Å²) in [4.78, 5) is 32.1. The van der Waals surface area contributed by atoms with Gasteiger partial charge in [0.2, 0.25) is 0 Å². The number of amides is 1. The number of benzene rings is 2. The van der Waals surface area contributed by atoms with E-state index in [-0.39, 0.29) is 27.8 Å². The number of ether oxygens (including phenoxy) is 1. The van der Waals surface area contributed by atoms with Crippen molar-refractivity contribution in [2.24, 2.45) is 0 Å². The number of carbonyl (C=O) groups is 1. The van der Waals surface area contributed by atoms with Crippen molar-refractivity contribution >= 4 is 34.6 Å². The van der Waals surface area contributed by atoms with Gasteiger partial charge in [0, 0.05) is 17.8 Å². The normalized spacial score (nSPS) is 10.0. The molecule has 0 unspecified atom stereocenters. The standard InChI is InChI=1S/C14H10ClN3O6/c15-10-6-5-9(7-12(10)18(22)23)16-14(19)8-24-13-4-2-1-3-11(13)17(20)21/h1-7H,8H2,(H,16,19). The SMILES string of the molecule is O=C(COc1ccccc1[N+](=O)[O-])Nc1ccc(Cl)c([N+](=O)[O-])c1. The van der Waals surface area contributed by atoms with E-state index < -0.39 is 22.4 Å². The van der Waals surface area contributed by atoms with E-state index in [1.807, 2.05) is 0 Å². The summed E-state index contributed by atoms with van der Waals surface area (Å²) in [5.41, 5.74) is -0.469. The smallest absolute Gasteiger partial charge is 0.310 e. The van der Waals surface area contributed by atoms with Crippen LogP contribution in [-0.4, -0.2) is 22.4 Å². The van der Waals surface area contributed by atoms with Gasteiger partial charge in [-0.25, -0.2) is 0 Å². The van der Waals surface area contributed by atoms with Crippen LogP contribution in [0.25, 0.3) is 0 Å². The van der Waals surface area contributed by atoms with Crippen molar-refractivity contribution in [3.63, 3.8) is 0 Å². The number of hydrogen-bond donors (Lipinski definition) is 1. The number of hydrogen-bond acceptors (Lipinski definition) is 6. The van der Waals surface area contributed by atoms with Crippen LogP contribution in [0.4, 0.5) is 17.1 Å². The van der Waals surface area contributed by atoms with E-state index in [0.717, 1.165) is 6.07 Å². The number of nitrogens with zero attached hydrogens (tertiary/aromatic N) is 2. The minimum Gasteiger partial charge on any atom is -0.477 e. The van der Waals surface area contributed by atoms with E-state index in [2.05, 4.69) is 5.32 Å². The molecule has 2 aromatic carbocycles. The minimum atomic E-state index is -0.679. The number of nitrogens with one attached hydrogen (secondary N) is 1. The van der Waals surface area contributed by atoms with E-state index in [0.29, 0.717) is 0 Å². The van der Waals surface area contributed by atoms with E-state index >= 15 is 0 Å². The quantitative estimate of drug-likeness (QED) is 0.629. The second-order valence-corrected chi connectivity index (χ2v) is 4.89. The molecule has 124 valence electrons. The summed E-state index contributed by atoms with van der Waals surface area (Å²) in [5, 5.41) is 24.0. The fourth-order valence-corrected chi connectivity index (χ4v) is 1.99. The van der Waals surface area contributed by atoms with Gasteiger partial charge in [-0.1, -0.05) is 23.7 Å². The average molecular weight is 352 g/mol. The van der Waals surface area contributed by atoms with Gasteiger partial charge < -0.3 is 10.1 Å². The number of nitro groups is 2. The van der Waals surface area contributed by atoms with Crippen LogP contribution in [0.2, 0.25) is 5.02 Å². The van der Waals surface area contributed by atoms with E-state index in [9.17, 15) is 25.0 Å². The second-order valence-electron chi connectivity index (χ2n) is 4.48. The summed E-state index contributed by atoms with van der Waals surface area (Å²) < 4.78 is 5.12. The minimum absolute atomic E-state index is 0.0558. The van der Waals surface area contributed by atoms with Crippen LogP contribution in [0.3, 0.4) is 0 Å². The van der Waals surface area contributed by atoms with Crippen LogP contribution >= 0.6 is 11.6 Å².